The zero-order valence-electron chi connectivity index (χ0n) is 15.2. The molecule has 0 saturated carbocycles. The van der Waals surface area contributed by atoms with Crippen LogP contribution in [0.5, 0.6) is 0 Å². The summed E-state index contributed by atoms with van der Waals surface area (Å²) in [7, 11) is 0. The van der Waals surface area contributed by atoms with Crippen LogP contribution in [0.15, 0.2) is 71.7 Å². The van der Waals surface area contributed by atoms with E-state index in [1.165, 1.54) is 47.2 Å². The number of hydrogen-bond donors (Lipinski definition) is 1. The molecule has 1 N–H and O–H groups in total. The quantitative estimate of drug-likeness (QED) is 0.521. The van der Waals surface area contributed by atoms with E-state index in [2.05, 4.69) is 48.5 Å². The minimum atomic E-state index is -0.841. The average Bonchev–Trinajstić information content (AvgIpc) is 2.74. The van der Waals surface area contributed by atoms with Crippen molar-refractivity contribution in [3.05, 3.63) is 82.8 Å². The van der Waals surface area contributed by atoms with Gasteiger partial charge in [0.1, 0.15) is 0 Å². The maximum Gasteiger partial charge on any atom is 0.335 e. The van der Waals surface area contributed by atoms with Crippen LogP contribution in [0.1, 0.15) is 24.0 Å². The molecule has 3 aromatic rings. The molecule has 0 atom stereocenters. The molecule has 0 bridgehead atoms. The maximum absolute atomic E-state index is 10.2. The molecule has 0 fully saturated rings. The first kappa shape index (κ1) is 17.9. The Kier molecular flexibility index (Phi) is 5.30. The Morgan fingerprint density at radius 3 is 2.48 bits per heavy atom. The topological polar surface area (TPSA) is 37.3 Å². The van der Waals surface area contributed by atoms with Crippen molar-refractivity contribution < 1.29 is 9.90 Å². The van der Waals surface area contributed by atoms with E-state index in [1.807, 2.05) is 0 Å². The fourth-order valence-corrected chi connectivity index (χ4v) is 4.51. The van der Waals surface area contributed by atoms with Crippen LogP contribution in [0, 0.1) is 0 Å². The molecule has 136 valence electrons. The van der Waals surface area contributed by atoms with Gasteiger partial charge in [-0.25, -0.2) is 4.79 Å². The molecule has 1 aliphatic carbocycles. The summed E-state index contributed by atoms with van der Waals surface area (Å²) < 4.78 is 0. The number of rotatable bonds is 1. The zero-order chi connectivity index (χ0) is 18.6. The van der Waals surface area contributed by atoms with Crippen molar-refractivity contribution in [1.82, 2.24) is 0 Å². The largest absolute Gasteiger partial charge is 0.478 e. The van der Waals surface area contributed by atoms with Crippen LogP contribution >= 0.6 is 11.8 Å². The van der Waals surface area contributed by atoms with Gasteiger partial charge in [0.15, 0.2) is 0 Å². The molecule has 0 saturated heterocycles. The molecule has 0 radical (unpaired) electrons. The van der Waals surface area contributed by atoms with Crippen molar-refractivity contribution in [3.63, 3.8) is 0 Å². The third kappa shape index (κ3) is 3.79. The van der Waals surface area contributed by atoms with E-state index < -0.39 is 5.97 Å². The van der Waals surface area contributed by atoms with Crippen molar-refractivity contribution in [2.45, 2.75) is 25.7 Å². The first-order valence-corrected chi connectivity index (χ1v) is 10.4. The third-order valence-electron chi connectivity index (χ3n) is 5.25. The molecule has 2 nitrogen and oxygen atoms in total. The predicted octanol–water partition coefficient (Wildman–Crippen LogP) is 6.13. The molecule has 0 unspecified atom stereocenters. The Hall–Kier alpha value is -2.52. The molecule has 2 aliphatic rings. The Balaban J connectivity index is 0.000000170. The molecule has 1 heterocycles. The summed E-state index contributed by atoms with van der Waals surface area (Å²) in [6.45, 7) is 0. The molecule has 3 aromatic carbocycles. The first-order valence-electron chi connectivity index (χ1n) is 9.38. The zero-order valence-corrected chi connectivity index (χ0v) is 16.0. The molecule has 3 heteroatoms. The average molecular weight is 375 g/mol. The van der Waals surface area contributed by atoms with Gasteiger partial charge in [-0.2, -0.15) is 0 Å². The molecule has 0 aromatic heterocycles. The summed E-state index contributed by atoms with van der Waals surface area (Å²) in [5.41, 5.74) is 3.57. The smallest absolute Gasteiger partial charge is 0.335 e. The van der Waals surface area contributed by atoms with Gasteiger partial charge in [-0.05, 0) is 69.8 Å². The van der Waals surface area contributed by atoms with Gasteiger partial charge < -0.3 is 5.11 Å². The summed E-state index contributed by atoms with van der Waals surface area (Å²) in [5.74, 6) is -0.0652. The van der Waals surface area contributed by atoms with Crippen LogP contribution in [-0.4, -0.2) is 16.8 Å². The standard InChI is InChI=1S/C18H16.C6H6O2S/c1-3-7-15-13(5-1)9-11-18-16-8-4-2-6-14(16)10-12-17(15)18;7-6(8)5-1-3-9-4-2-5/h1,3,5,7,9-12H,2,4,6,8H2;1-3H,4H2,(H,7,8). The van der Waals surface area contributed by atoms with E-state index in [-0.39, 0.29) is 0 Å². The maximum atomic E-state index is 10.2. The second-order valence-corrected chi connectivity index (χ2v) is 7.83. The minimum Gasteiger partial charge on any atom is -0.478 e. The minimum absolute atomic E-state index is 0.397. The van der Waals surface area contributed by atoms with Crippen molar-refractivity contribution in [2.75, 3.05) is 5.75 Å². The Morgan fingerprint density at radius 2 is 1.70 bits per heavy atom. The Morgan fingerprint density at radius 1 is 0.889 bits per heavy atom. The predicted molar refractivity (Wildman–Crippen MR) is 115 cm³/mol. The van der Waals surface area contributed by atoms with E-state index in [9.17, 15) is 4.79 Å². The van der Waals surface area contributed by atoms with Crippen molar-refractivity contribution >= 4 is 39.3 Å². The van der Waals surface area contributed by atoms with Gasteiger partial charge in [-0.1, -0.05) is 54.6 Å². The normalized spacial score (nSPS) is 15.6. The van der Waals surface area contributed by atoms with E-state index in [0.717, 1.165) is 5.75 Å². The number of carboxylic acids is 1. The molecular formula is C24H22O2S. The Labute approximate surface area is 163 Å². The lowest BCUT2D eigenvalue weighted by Gasteiger charge is -2.18. The summed E-state index contributed by atoms with van der Waals surface area (Å²) in [5, 5.41) is 15.8. The van der Waals surface area contributed by atoms with Gasteiger partial charge >= 0.3 is 5.97 Å². The summed E-state index contributed by atoms with van der Waals surface area (Å²) >= 11 is 1.60. The number of aryl methyl sites for hydroxylation is 2. The highest BCUT2D eigenvalue weighted by Gasteiger charge is 2.13. The lowest BCUT2D eigenvalue weighted by Crippen LogP contribution is -2.02. The van der Waals surface area contributed by atoms with Gasteiger partial charge in [0.05, 0.1) is 5.57 Å². The SMILES string of the molecule is O=C(O)C1=CCSC=C1.c1ccc2c(c1)ccc1c3c(ccc12)CCCC3. The number of thioether (sulfide) groups is 1. The van der Waals surface area contributed by atoms with Crippen LogP contribution in [-0.2, 0) is 17.6 Å². The van der Waals surface area contributed by atoms with Crippen LogP contribution in [0.3, 0.4) is 0 Å². The van der Waals surface area contributed by atoms with Gasteiger partial charge in [0, 0.05) is 5.75 Å². The molecule has 1 aliphatic heterocycles. The van der Waals surface area contributed by atoms with Crippen LogP contribution in [0.2, 0.25) is 0 Å². The van der Waals surface area contributed by atoms with Crippen LogP contribution in [0.25, 0.3) is 21.5 Å². The van der Waals surface area contributed by atoms with Gasteiger partial charge in [0.2, 0.25) is 0 Å². The van der Waals surface area contributed by atoms with Gasteiger partial charge in [-0.3, -0.25) is 0 Å². The second-order valence-electron chi connectivity index (χ2n) is 6.89. The van der Waals surface area contributed by atoms with Crippen molar-refractivity contribution in [3.8, 4) is 0 Å². The molecule has 27 heavy (non-hydrogen) atoms. The number of benzene rings is 3. The summed E-state index contributed by atoms with van der Waals surface area (Å²) in [6.07, 6.45) is 8.53. The summed E-state index contributed by atoms with van der Waals surface area (Å²) in [4.78, 5) is 10.2. The third-order valence-corrected chi connectivity index (χ3v) is 5.94. The highest BCUT2D eigenvalue weighted by molar-refractivity contribution is 8.02. The monoisotopic (exact) mass is 374 g/mol. The Bertz CT molecular complexity index is 1060. The second kappa shape index (κ2) is 8.01. The molecule has 5 rings (SSSR count). The highest BCUT2D eigenvalue weighted by atomic mass is 32.2. The lowest BCUT2D eigenvalue weighted by atomic mass is 9.86. The molecule has 0 amide bonds. The lowest BCUT2D eigenvalue weighted by molar-refractivity contribution is -0.132. The van der Waals surface area contributed by atoms with Gasteiger partial charge in [0.25, 0.3) is 0 Å². The fourth-order valence-electron chi connectivity index (χ4n) is 3.88. The number of fused-ring (bicyclic) bond motifs is 5. The van der Waals surface area contributed by atoms with Crippen LogP contribution < -0.4 is 0 Å². The van der Waals surface area contributed by atoms with E-state index in [0.29, 0.717) is 5.57 Å². The number of carbonyl (C=O) groups is 1. The number of aliphatic carboxylic acids is 1. The number of hydrogen-bond acceptors (Lipinski definition) is 2. The van der Waals surface area contributed by atoms with E-state index in [4.69, 9.17) is 5.11 Å². The first-order chi connectivity index (χ1) is 13.2. The van der Waals surface area contributed by atoms with Crippen LogP contribution in [0.4, 0.5) is 0 Å². The van der Waals surface area contributed by atoms with Crippen molar-refractivity contribution in [2.24, 2.45) is 0 Å². The van der Waals surface area contributed by atoms with Crippen molar-refractivity contribution in [1.29, 1.82) is 0 Å². The molecular weight excluding hydrogens is 352 g/mol. The van der Waals surface area contributed by atoms with Gasteiger partial charge in [-0.15, -0.1) is 11.8 Å². The summed E-state index contributed by atoms with van der Waals surface area (Å²) in [6, 6.07) is 18.0. The molecule has 0 spiro atoms. The van der Waals surface area contributed by atoms with E-state index >= 15 is 0 Å². The fraction of sp³-hybridized carbons (Fsp3) is 0.208. The highest BCUT2D eigenvalue weighted by Crippen LogP contribution is 2.33. The van der Waals surface area contributed by atoms with E-state index in [1.54, 1.807) is 40.4 Å². The number of carboxylic acid groups (broad SMARTS) is 1.